The summed E-state index contributed by atoms with van der Waals surface area (Å²) >= 11 is 0. The summed E-state index contributed by atoms with van der Waals surface area (Å²) in [6.07, 6.45) is 1.23. The van der Waals surface area contributed by atoms with Crippen molar-refractivity contribution < 1.29 is 44.2 Å². The molecule has 1 aliphatic carbocycles. The van der Waals surface area contributed by atoms with E-state index in [-0.39, 0.29) is 24.7 Å². The predicted molar refractivity (Wildman–Crippen MR) is 138 cm³/mol. The van der Waals surface area contributed by atoms with Gasteiger partial charge in [0.15, 0.2) is 6.29 Å². The van der Waals surface area contributed by atoms with E-state index in [0.717, 1.165) is 12.8 Å². The lowest BCUT2D eigenvalue weighted by atomic mass is 9.95. The number of likely N-dealkylation sites (tertiary alicyclic amines) is 1. The van der Waals surface area contributed by atoms with Gasteiger partial charge in [0.25, 0.3) is 0 Å². The van der Waals surface area contributed by atoms with Crippen molar-refractivity contribution in [1.82, 2.24) is 10.2 Å². The summed E-state index contributed by atoms with van der Waals surface area (Å²) in [4.78, 5) is 26.2. The lowest BCUT2D eigenvalue weighted by Gasteiger charge is -2.42. The van der Waals surface area contributed by atoms with Crippen molar-refractivity contribution in [2.45, 2.75) is 121 Å². The Balaban J connectivity index is 1.36. The molecule has 2 saturated heterocycles. The molecular formula is C27H48N2O9. The van der Waals surface area contributed by atoms with Crippen molar-refractivity contribution in [2.24, 2.45) is 11.8 Å². The van der Waals surface area contributed by atoms with Gasteiger partial charge in [-0.3, -0.25) is 9.59 Å². The van der Waals surface area contributed by atoms with E-state index in [2.05, 4.69) is 19.2 Å². The van der Waals surface area contributed by atoms with Crippen molar-refractivity contribution >= 4 is 11.8 Å². The fourth-order valence-corrected chi connectivity index (χ4v) is 5.84. The normalized spacial score (nSPS) is 35.7. The second kappa shape index (κ2) is 14.9. The molecular weight excluding hydrogens is 496 g/mol. The van der Waals surface area contributed by atoms with Crippen molar-refractivity contribution in [2.75, 3.05) is 26.4 Å². The summed E-state index contributed by atoms with van der Waals surface area (Å²) in [6.45, 7) is 6.37. The maximum absolute atomic E-state index is 12.9. The van der Waals surface area contributed by atoms with Crippen LogP contribution in [0.2, 0.25) is 0 Å². The fraction of sp³-hybridized carbons (Fsp3) is 0.926. The second-order valence-corrected chi connectivity index (χ2v) is 11.5. The highest BCUT2D eigenvalue weighted by Crippen LogP contribution is 2.33. The zero-order valence-corrected chi connectivity index (χ0v) is 23.0. The number of carbonyl (C=O) groups excluding carboxylic acids is 2. The molecule has 2 amide bonds. The van der Waals surface area contributed by atoms with E-state index < -0.39 is 49.3 Å². The van der Waals surface area contributed by atoms with E-state index in [9.17, 15) is 30.0 Å². The van der Waals surface area contributed by atoms with Crippen molar-refractivity contribution in [3.05, 3.63) is 0 Å². The standard InChI is InChI=1S/C27H48N2O9/c1-16(2)18-8-9-21(11-18)37-15-19-12-20(32)13-29(19)23(33)7-5-4-6-10-36-27-24(28-17(3)31)26(35)25(34)22(14-30)38-27/h16,18-22,24-27,30,32,34-35H,4-15H2,1-3H3,(H,28,31)/t18?,19-,20+,21?,22?,24?,25?,26?,27?/m0/s1. The molecule has 0 bridgehead atoms. The summed E-state index contributed by atoms with van der Waals surface area (Å²) in [5.74, 6) is 0.973. The molecule has 0 spiro atoms. The number of hydrogen-bond donors (Lipinski definition) is 5. The number of hydrogen-bond acceptors (Lipinski definition) is 9. The molecule has 1 saturated carbocycles. The van der Waals surface area contributed by atoms with Gasteiger partial charge in [0, 0.05) is 26.5 Å². The highest BCUT2D eigenvalue weighted by atomic mass is 16.7. The van der Waals surface area contributed by atoms with Gasteiger partial charge in [-0.25, -0.2) is 0 Å². The fourth-order valence-electron chi connectivity index (χ4n) is 5.84. The lowest BCUT2D eigenvalue weighted by molar-refractivity contribution is -0.270. The topological polar surface area (TPSA) is 158 Å². The Hall–Kier alpha value is -1.34. The number of aliphatic hydroxyl groups excluding tert-OH is 4. The molecule has 3 rings (SSSR count). The lowest BCUT2D eigenvalue weighted by Crippen LogP contribution is -2.64. The first-order valence-corrected chi connectivity index (χ1v) is 14.2. The number of aliphatic hydroxyl groups is 4. The number of β-amino-alcohol motifs (C(OH)–C–C–N with tert-alkyl or cyclic N) is 1. The molecule has 3 fully saturated rings. The molecule has 220 valence electrons. The molecule has 11 nitrogen and oxygen atoms in total. The molecule has 9 atom stereocenters. The quantitative estimate of drug-likeness (QED) is 0.206. The van der Waals surface area contributed by atoms with Crippen molar-refractivity contribution in [1.29, 1.82) is 0 Å². The van der Waals surface area contributed by atoms with E-state index in [0.29, 0.717) is 57.1 Å². The molecule has 7 unspecified atom stereocenters. The van der Waals surface area contributed by atoms with Gasteiger partial charge >= 0.3 is 0 Å². The maximum atomic E-state index is 12.9. The van der Waals surface area contributed by atoms with Gasteiger partial charge in [-0.1, -0.05) is 20.3 Å². The van der Waals surface area contributed by atoms with Gasteiger partial charge in [-0.2, -0.15) is 0 Å². The van der Waals surface area contributed by atoms with Crippen LogP contribution in [0.25, 0.3) is 0 Å². The number of carbonyl (C=O) groups is 2. The van der Waals surface area contributed by atoms with Crippen LogP contribution in [0.3, 0.4) is 0 Å². The largest absolute Gasteiger partial charge is 0.394 e. The van der Waals surface area contributed by atoms with Crippen LogP contribution in [0, 0.1) is 11.8 Å². The van der Waals surface area contributed by atoms with Gasteiger partial charge in [0.2, 0.25) is 11.8 Å². The monoisotopic (exact) mass is 544 g/mol. The molecule has 3 aliphatic rings. The molecule has 2 heterocycles. The Bertz CT molecular complexity index is 754. The average Bonchev–Trinajstić information content (AvgIpc) is 3.50. The van der Waals surface area contributed by atoms with Crippen LogP contribution in [0.4, 0.5) is 0 Å². The van der Waals surface area contributed by atoms with Crippen LogP contribution in [0.15, 0.2) is 0 Å². The van der Waals surface area contributed by atoms with E-state index in [1.165, 1.54) is 13.3 Å². The predicted octanol–water partition coefficient (Wildman–Crippen LogP) is 0.310. The number of nitrogens with one attached hydrogen (secondary N) is 1. The number of ether oxygens (including phenoxy) is 3. The third-order valence-corrected chi connectivity index (χ3v) is 8.17. The molecule has 0 aromatic heterocycles. The maximum Gasteiger partial charge on any atom is 0.222 e. The van der Waals surface area contributed by atoms with Gasteiger partial charge in [-0.05, 0) is 50.4 Å². The van der Waals surface area contributed by atoms with E-state index >= 15 is 0 Å². The molecule has 0 aromatic carbocycles. The first kappa shape index (κ1) is 31.2. The molecule has 11 heteroatoms. The Labute approximate surface area is 225 Å². The smallest absolute Gasteiger partial charge is 0.222 e. The highest BCUT2D eigenvalue weighted by molar-refractivity contribution is 5.77. The third-order valence-electron chi connectivity index (χ3n) is 8.17. The van der Waals surface area contributed by atoms with Gasteiger partial charge in [-0.15, -0.1) is 0 Å². The van der Waals surface area contributed by atoms with E-state index in [1.54, 1.807) is 4.90 Å². The molecule has 5 N–H and O–H groups in total. The van der Waals surface area contributed by atoms with Gasteiger partial charge < -0.3 is 44.9 Å². The van der Waals surface area contributed by atoms with Crippen LogP contribution < -0.4 is 5.32 Å². The minimum atomic E-state index is -1.35. The Morgan fingerprint density at radius 3 is 2.47 bits per heavy atom. The molecule has 0 radical (unpaired) electrons. The zero-order chi connectivity index (χ0) is 27.8. The van der Waals surface area contributed by atoms with Crippen LogP contribution in [-0.2, 0) is 23.8 Å². The molecule has 2 aliphatic heterocycles. The summed E-state index contributed by atoms with van der Waals surface area (Å²) < 4.78 is 17.4. The van der Waals surface area contributed by atoms with Crippen LogP contribution >= 0.6 is 0 Å². The second-order valence-electron chi connectivity index (χ2n) is 11.5. The number of nitrogens with zero attached hydrogens (tertiary/aromatic N) is 1. The van der Waals surface area contributed by atoms with Gasteiger partial charge in [0.1, 0.15) is 24.4 Å². The average molecular weight is 545 g/mol. The zero-order valence-electron chi connectivity index (χ0n) is 23.0. The molecule has 0 aromatic rings. The molecule has 38 heavy (non-hydrogen) atoms. The Morgan fingerprint density at radius 2 is 1.82 bits per heavy atom. The number of amides is 2. The van der Waals surface area contributed by atoms with Crippen molar-refractivity contribution in [3.8, 4) is 0 Å². The number of unbranched alkanes of at least 4 members (excludes halogenated alkanes) is 2. The Kier molecular flexibility index (Phi) is 12.2. The summed E-state index contributed by atoms with van der Waals surface area (Å²) in [6, 6.07) is -1.05. The Morgan fingerprint density at radius 1 is 1.05 bits per heavy atom. The van der Waals surface area contributed by atoms with Crippen LogP contribution in [-0.4, -0.2) is 112 Å². The minimum Gasteiger partial charge on any atom is -0.394 e. The first-order chi connectivity index (χ1) is 18.1. The highest BCUT2D eigenvalue weighted by Gasteiger charge is 2.45. The summed E-state index contributed by atoms with van der Waals surface area (Å²) in [7, 11) is 0. The van der Waals surface area contributed by atoms with E-state index in [4.69, 9.17) is 14.2 Å². The number of rotatable bonds is 13. The minimum absolute atomic E-state index is 0.0202. The van der Waals surface area contributed by atoms with Crippen LogP contribution in [0.5, 0.6) is 0 Å². The summed E-state index contributed by atoms with van der Waals surface area (Å²) in [5.41, 5.74) is 0. The van der Waals surface area contributed by atoms with Crippen LogP contribution in [0.1, 0.15) is 72.1 Å². The van der Waals surface area contributed by atoms with Gasteiger partial charge in [0.05, 0.1) is 31.5 Å². The van der Waals surface area contributed by atoms with E-state index in [1.807, 2.05) is 0 Å². The SMILES string of the molecule is CC(=O)NC1C(OCCCCCC(=O)N2C[C@H](O)C[C@H]2COC2CCC(C(C)C)C2)OC(CO)C(O)C1O. The summed E-state index contributed by atoms with van der Waals surface area (Å²) in [5, 5.41) is 42.5. The third kappa shape index (κ3) is 8.58. The first-order valence-electron chi connectivity index (χ1n) is 14.2. The van der Waals surface area contributed by atoms with Crippen molar-refractivity contribution in [3.63, 3.8) is 0 Å².